The highest BCUT2D eigenvalue weighted by atomic mass is 32.2. The third kappa shape index (κ3) is 5.27. The van der Waals surface area contributed by atoms with Crippen LogP contribution in [0, 0.1) is 0 Å². The average molecular weight is 502 g/mol. The molecule has 2 aromatic rings. The molecule has 2 aromatic carbocycles. The number of halogens is 3. The fourth-order valence-corrected chi connectivity index (χ4v) is 4.94. The molecule has 1 N–H and O–H groups in total. The first-order valence-corrected chi connectivity index (χ1v) is 11.6. The lowest BCUT2D eigenvalue weighted by Crippen LogP contribution is -2.37. The molecule has 0 fully saturated rings. The quantitative estimate of drug-likeness (QED) is 0.554. The third-order valence-corrected chi connectivity index (χ3v) is 6.50. The molecule has 6 nitrogen and oxygen atoms in total. The Morgan fingerprint density at radius 1 is 1.14 bits per heavy atom. The molecular weight excluding hydrogens is 479 g/mol. The molecule has 0 saturated heterocycles. The second kappa shape index (κ2) is 9.99. The summed E-state index contributed by atoms with van der Waals surface area (Å²) in [6.45, 7) is 1.70. The van der Waals surface area contributed by atoms with Gasteiger partial charge >= 0.3 is 12.1 Å². The van der Waals surface area contributed by atoms with Crippen molar-refractivity contribution < 1.29 is 27.5 Å². The number of hydrogen-bond acceptors (Lipinski definition) is 6. The maximum absolute atomic E-state index is 13.0. The lowest BCUT2D eigenvalue weighted by Gasteiger charge is -2.36. The number of esters is 1. The van der Waals surface area contributed by atoms with Crippen molar-refractivity contribution >= 4 is 28.8 Å². The van der Waals surface area contributed by atoms with Gasteiger partial charge < -0.3 is 15.0 Å². The molecule has 182 valence electrons. The Morgan fingerprint density at radius 2 is 1.89 bits per heavy atom. The highest BCUT2D eigenvalue weighted by molar-refractivity contribution is 8.16. The summed E-state index contributed by atoms with van der Waals surface area (Å²) in [5.41, 5.74) is 1.94. The number of nitrogens with zero attached hydrogens (tertiary/aromatic N) is 2. The molecule has 0 saturated carbocycles. The maximum Gasteiger partial charge on any atom is 0.416 e. The monoisotopic (exact) mass is 501 g/mol. The van der Waals surface area contributed by atoms with Gasteiger partial charge in [-0.2, -0.15) is 13.2 Å². The molecule has 0 aromatic heterocycles. The molecule has 0 radical (unpaired) electrons. The zero-order valence-corrected chi connectivity index (χ0v) is 19.7. The number of benzene rings is 2. The molecule has 2 heterocycles. The minimum atomic E-state index is -4.45. The average Bonchev–Trinajstić information content (AvgIpc) is 3.23. The van der Waals surface area contributed by atoms with E-state index in [1.54, 1.807) is 12.3 Å². The lowest BCUT2D eigenvalue weighted by molar-refractivity contribution is -0.138. The van der Waals surface area contributed by atoms with Crippen molar-refractivity contribution in [2.75, 3.05) is 7.11 Å². The van der Waals surface area contributed by atoms with Crippen LogP contribution in [0.2, 0.25) is 0 Å². The predicted octanol–water partition coefficient (Wildman–Crippen LogP) is 5.16. The van der Waals surface area contributed by atoms with Crippen LogP contribution >= 0.6 is 11.8 Å². The summed E-state index contributed by atoms with van der Waals surface area (Å²) < 4.78 is 43.9. The van der Waals surface area contributed by atoms with E-state index in [9.17, 15) is 22.8 Å². The van der Waals surface area contributed by atoms with E-state index in [1.165, 1.54) is 31.0 Å². The van der Waals surface area contributed by atoms with E-state index in [0.29, 0.717) is 27.7 Å². The molecule has 2 aliphatic heterocycles. The number of thioether (sulfide) groups is 1. The van der Waals surface area contributed by atoms with Crippen molar-refractivity contribution in [2.45, 2.75) is 32.1 Å². The number of nitrogens with one attached hydrogen (secondary N) is 1. The number of alkyl halides is 3. The SMILES string of the molecule is COC(=O)C1=C(C)N=C2SC=C(CC(=O)NCc3cccc(C(F)(F)F)c3)N2[C@H]1c1ccccc1. The Balaban J connectivity index is 1.53. The summed E-state index contributed by atoms with van der Waals surface area (Å²) in [5, 5.41) is 5.11. The first kappa shape index (κ1) is 24.6. The zero-order chi connectivity index (χ0) is 25.2. The Bertz CT molecular complexity index is 1240. The van der Waals surface area contributed by atoms with E-state index in [4.69, 9.17) is 4.74 Å². The number of aliphatic imine (C=N–C) groups is 1. The maximum atomic E-state index is 13.0. The van der Waals surface area contributed by atoms with Crippen LogP contribution in [0.4, 0.5) is 13.2 Å². The summed E-state index contributed by atoms with van der Waals surface area (Å²) >= 11 is 1.34. The van der Waals surface area contributed by atoms with Gasteiger partial charge in [-0.1, -0.05) is 54.2 Å². The van der Waals surface area contributed by atoms with E-state index < -0.39 is 23.8 Å². The molecule has 2 aliphatic rings. The van der Waals surface area contributed by atoms with Crippen molar-refractivity contribution in [3.63, 3.8) is 0 Å². The number of amides is 1. The van der Waals surface area contributed by atoms with E-state index in [-0.39, 0.29) is 18.9 Å². The molecule has 35 heavy (non-hydrogen) atoms. The normalized spacial score (nSPS) is 17.5. The molecule has 4 rings (SSSR count). The Kier molecular flexibility index (Phi) is 7.02. The Labute approximate surface area is 204 Å². The molecule has 10 heteroatoms. The smallest absolute Gasteiger partial charge is 0.416 e. The number of amidine groups is 1. The van der Waals surface area contributed by atoms with Crippen LogP contribution < -0.4 is 5.32 Å². The number of fused-ring (bicyclic) bond motifs is 1. The number of carbonyl (C=O) groups is 2. The van der Waals surface area contributed by atoms with E-state index >= 15 is 0 Å². The number of hydrogen-bond donors (Lipinski definition) is 1. The largest absolute Gasteiger partial charge is 0.466 e. The third-order valence-electron chi connectivity index (χ3n) is 5.61. The van der Waals surface area contributed by atoms with Gasteiger partial charge in [0.1, 0.15) is 0 Å². The molecule has 0 aliphatic carbocycles. The van der Waals surface area contributed by atoms with Crippen LogP contribution in [-0.4, -0.2) is 29.1 Å². The van der Waals surface area contributed by atoms with Crippen molar-refractivity contribution in [2.24, 2.45) is 4.99 Å². The first-order chi connectivity index (χ1) is 16.7. The highest BCUT2D eigenvalue weighted by Crippen LogP contribution is 2.44. The molecule has 0 unspecified atom stereocenters. The summed E-state index contributed by atoms with van der Waals surface area (Å²) in [4.78, 5) is 31.8. The molecular formula is C25H22F3N3O3S. The number of ether oxygens (including phenoxy) is 1. The highest BCUT2D eigenvalue weighted by Gasteiger charge is 2.40. The second-order valence-electron chi connectivity index (χ2n) is 7.95. The van der Waals surface area contributed by atoms with E-state index in [1.807, 2.05) is 35.2 Å². The number of rotatable bonds is 6. The Morgan fingerprint density at radius 3 is 2.57 bits per heavy atom. The summed E-state index contributed by atoms with van der Waals surface area (Å²) in [5.74, 6) is -0.877. The van der Waals surface area contributed by atoms with Gasteiger partial charge in [0.2, 0.25) is 5.91 Å². The fourth-order valence-electron chi connectivity index (χ4n) is 3.98. The van der Waals surface area contributed by atoms with Gasteiger partial charge in [-0.25, -0.2) is 9.79 Å². The minimum absolute atomic E-state index is 0.0399. The summed E-state index contributed by atoms with van der Waals surface area (Å²) in [6.07, 6.45) is -4.49. The number of allylic oxidation sites excluding steroid dienone is 1. The summed E-state index contributed by atoms with van der Waals surface area (Å²) in [7, 11) is 1.31. The fraction of sp³-hybridized carbons (Fsp3) is 0.240. The van der Waals surface area contributed by atoms with E-state index in [0.717, 1.165) is 17.7 Å². The van der Waals surface area contributed by atoms with Crippen molar-refractivity contribution in [3.05, 3.63) is 93.7 Å². The predicted molar refractivity (Wildman–Crippen MR) is 127 cm³/mol. The van der Waals surface area contributed by atoms with Gasteiger partial charge in [-0.3, -0.25) is 4.79 Å². The van der Waals surface area contributed by atoms with Gasteiger partial charge in [0.15, 0.2) is 5.17 Å². The summed E-state index contributed by atoms with van der Waals surface area (Å²) in [6, 6.07) is 13.7. The van der Waals surface area contributed by atoms with Crippen molar-refractivity contribution in [1.29, 1.82) is 0 Å². The molecule has 1 amide bonds. The second-order valence-corrected chi connectivity index (χ2v) is 8.78. The first-order valence-electron chi connectivity index (χ1n) is 10.7. The van der Waals surface area contributed by atoms with Crippen LogP contribution in [0.1, 0.15) is 36.1 Å². The number of methoxy groups -OCH3 is 1. The molecule has 1 atom stereocenters. The molecule has 0 bridgehead atoms. The van der Waals surface area contributed by atoms with Crippen molar-refractivity contribution in [1.82, 2.24) is 10.2 Å². The van der Waals surface area contributed by atoms with Gasteiger partial charge in [-0.15, -0.1) is 0 Å². The minimum Gasteiger partial charge on any atom is -0.466 e. The van der Waals surface area contributed by atoms with Gasteiger partial charge in [-0.05, 0) is 35.6 Å². The van der Waals surface area contributed by atoms with Gasteiger partial charge in [0.25, 0.3) is 0 Å². The van der Waals surface area contributed by atoms with E-state index in [2.05, 4.69) is 10.3 Å². The van der Waals surface area contributed by atoms with Crippen LogP contribution in [0.3, 0.4) is 0 Å². The lowest BCUT2D eigenvalue weighted by atomic mass is 9.94. The van der Waals surface area contributed by atoms with Gasteiger partial charge in [0.05, 0.1) is 36.4 Å². The van der Waals surface area contributed by atoms with Crippen LogP contribution in [0.25, 0.3) is 0 Å². The standard InChI is InChI=1S/C25H22F3N3O3S/c1-15-21(23(33)34-2)22(17-8-4-3-5-9-17)31-19(14-35-24(31)30-15)12-20(32)29-13-16-7-6-10-18(11-16)25(26,27)28/h3-11,14,22H,12-13H2,1-2H3,(H,29,32)/t22-/m0/s1. The van der Waals surface area contributed by atoms with Crippen molar-refractivity contribution in [3.8, 4) is 0 Å². The van der Waals surface area contributed by atoms with Crippen LogP contribution in [-0.2, 0) is 27.0 Å². The zero-order valence-electron chi connectivity index (χ0n) is 18.9. The number of carbonyl (C=O) groups excluding carboxylic acids is 2. The Hall–Kier alpha value is -3.53. The topological polar surface area (TPSA) is 71.0 Å². The van der Waals surface area contributed by atoms with Crippen LogP contribution in [0.15, 0.2) is 82.0 Å². The van der Waals surface area contributed by atoms with Gasteiger partial charge in [0, 0.05) is 12.2 Å². The molecule has 0 spiro atoms. The van der Waals surface area contributed by atoms with Crippen LogP contribution in [0.5, 0.6) is 0 Å².